The molecule has 2 heterocycles. The van der Waals surface area contributed by atoms with Crippen LogP contribution < -0.4 is 10.1 Å². The number of methoxy groups -OCH3 is 1. The Labute approximate surface area is 154 Å². The molecule has 1 spiro atoms. The number of carbonyl (C=O) groups excluding carboxylic acids is 2. The Hall–Kier alpha value is -2.24. The first-order chi connectivity index (χ1) is 12.6. The fraction of sp³-hybridized carbons (Fsp3) is 0.600. The third-order valence-electron chi connectivity index (χ3n) is 5.90. The van der Waals surface area contributed by atoms with Crippen molar-refractivity contribution in [3.63, 3.8) is 0 Å². The molecule has 140 valence electrons. The van der Waals surface area contributed by atoms with Crippen LogP contribution in [0.2, 0.25) is 0 Å². The minimum absolute atomic E-state index is 0.00739. The number of carbonyl (C=O) groups is 2. The molecule has 1 aliphatic carbocycles. The second kappa shape index (κ2) is 6.82. The molecule has 0 radical (unpaired) electrons. The van der Waals surface area contributed by atoms with Crippen LogP contribution in [0.5, 0.6) is 5.75 Å². The van der Waals surface area contributed by atoms with Gasteiger partial charge < -0.3 is 19.9 Å². The van der Waals surface area contributed by atoms with Gasteiger partial charge in [0.05, 0.1) is 12.5 Å². The van der Waals surface area contributed by atoms with Gasteiger partial charge in [0.15, 0.2) is 0 Å². The van der Waals surface area contributed by atoms with Crippen molar-refractivity contribution in [1.29, 1.82) is 0 Å². The molecule has 4 rings (SSSR count). The zero-order valence-corrected chi connectivity index (χ0v) is 15.4. The molecule has 2 aliphatic heterocycles. The summed E-state index contributed by atoms with van der Waals surface area (Å²) in [5, 5.41) is 3.06. The van der Waals surface area contributed by atoms with Crippen molar-refractivity contribution < 1.29 is 14.3 Å². The predicted octanol–water partition coefficient (Wildman–Crippen LogP) is 2.38. The maximum Gasteiger partial charge on any atom is 0.317 e. The molecule has 2 saturated heterocycles. The average molecular weight is 357 g/mol. The molecule has 3 amide bonds. The van der Waals surface area contributed by atoms with Crippen molar-refractivity contribution in [3.8, 4) is 5.75 Å². The van der Waals surface area contributed by atoms with Gasteiger partial charge in [0, 0.05) is 32.2 Å². The second-order valence-corrected chi connectivity index (χ2v) is 7.85. The monoisotopic (exact) mass is 357 g/mol. The highest BCUT2D eigenvalue weighted by Crippen LogP contribution is 2.40. The largest absolute Gasteiger partial charge is 0.497 e. The van der Waals surface area contributed by atoms with Crippen LogP contribution in [0.1, 0.15) is 37.7 Å². The first kappa shape index (κ1) is 17.2. The molecule has 6 nitrogen and oxygen atoms in total. The quantitative estimate of drug-likeness (QED) is 0.900. The van der Waals surface area contributed by atoms with E-state index in [2.05, 4.69) is 5.32 Å². The molecule has 1 aromatic carbocycles. The highest BCUT2D eigenvalue weighted by atomic mass is 16.5. The highest BCUT2D eigenvalue weighted by molar-refractivity contribution is 5.86. The van der Waals surface area contributed by atoms with E-state index < -0.39 is 0 Å². The summed E-state index contributed by atoms with van der Waals surface area (Å²) in [5.74, 6) is 1.03. The SMILES string of the molecule is COc1ccc(CN2CC[C@]3(CCCN(C(=O)NC4CC4)C3)C2=O)cc1. The molecular weight excluding hydrogens is 330 g/mol. The number of nitrogens with one attached hydrogen (secondary N) is 1. The van der Waals surface area contributed by atoms with E-state index in [0.29, 0.717) is 19.1 Å². The van der Waals surface area contributed by atoms with E-state index in [1.165, 1.54) is 0 Å². The van der Waals surface area contributed by atoms with Crippen molar-refractivity contribution >= 4 is 11.9 Å². The Bertz CT molecular complexity index is 686. The number of nitrogens with zero attached hydrogens (tertiary/aromatic N) is 2. The normalized spacial score (nSPS) is 25.7. The molecular formula is C20H27N3O3. The van der Waals surface area contributed by atoms with Gasteiger partial charge in [-0.25, -0.2) is 4.79 Å². The van der Waals surface area contributed by atoms with E-state index in [4.69, 9.17) is 4.74 Å². The first-order valence-corrected chi connectivity index (χ1v) is 9.57. The Morgan fingerprint density at radius 3 is 2.69 bits per heavy atom. The summed E-state index contributed by atoms with van der Waals surface area (Å²) in [6, 6.07) is 8.23. The first-order valence-electron chi connectivity index (χ1n) is 9.57. The predicted molar refractivity (Wildman–Crippen MR) is 97.8 cm³/mol. The number of urea groups is 1. The molecule has 1 atom stereocenters. The molecule has 1 aromatic rings. The molecule has 0 unspecified atom stereocenters. The smallest absolute Gasteiger partial charge is 0.317 e. The molecule has 3 aliphatic rings. The van der Waals surface area contributed by atoms with Crippen molar-refractivity contribution in [3.05, 3.63) is 29.8 Å². The van der Waals surface area contributed by atoms with Gasteiger partial charge in [-0.2, -0.15) is 0 Å². The minimum Gasteiger partial charge on any atom is -0.497 e. The van der Waals surface area contributed by atoms with Crippen molar-refractivity contribution in [1.82, 2.24) is 15.1 Å². The number of likely N-dealkylation sites (tertiary alicyclic amines) is 2. The van der Waals surface area contributed by atoms with Crippen LogP contribution in [0.4, 0.5) is 4.79 Å². The van der Waals surface area contributed by atoms with Gasteiger partial charge in [0.2, 0.25) is 5.91 Å². The summed E-state index contributed by atoms with van der Waals surface area (Å²) >= 11 is 0. The number of hydrogen-bond acceptors (Lipinski definition) is 3. The topological polar surface area (TPSA) is 61.9 Å². The van der Waals surface area contributed by atoms with E-state index in [1.807, 2.05) is 34.1 Å². The van der Waals surface area contributed by atoms with Gasteiger partial charge in [-0.3, -0.25) is 4.79 Å². The number of piperidine rings is 1. The molecule has 1 N–H and O–H groups in total. The number of benzene rings is 1. The van der Waals surface area contributed by atoms with E-state index >= 15 is 0 Å². The summed E-state index contributed by atoms with van der Waals surface area (Å²) in [7, 11) is 1.65. The average Bonchev–Trinajstić information content (AvgIpc) is 3.44. The van der Waals surface area contributed by atoms with E-state index in [1.54, 1.807) is 7.11 Å². The lowest BCUT2D eigenvalue weighted by Gasteiger charge is -2.39. The van der Waals surface area contributed by atoms with Crippen LogP contribution in [0.3, 0.4) is 0 Å². The lowest BCUT2D eigenvalue weighted by molar-refractivity contribution is -0.138. The maximum absolute atomic E-state index is 13.2. The van der Waals surface area contributed by atoms with Crippen LogP contribution in [0.25, 0.3) is 0 Å². The molecule has 0 bridgehead atoms. The Kier molecular flexibility index (Phi) is 4.51. The number of hydrogen-bond donors (Lipinski definition) is 1. The van der Waals surface area contributed by atoms with Gasteiger partial charge in [-0.15, -0.1) is 0 Å². The van der Waals surface area contributed by atoms with E-state index in [9.17, 15) is 9.59 Å². The maximum atomic E-state index is 13.2. The van der Waals surface area contributed by atoms with Gasteiger partial charge >= 0.3 is 6.03 Å². The minimum atomic E-state index is -0.383. The summed E-state index contributed by atoms with van der Waals surface area (Å²) in [5.41, 5.74) is 0.723. The number of amides is 3. The van der Waals surface area contributed by atoms with Crippen LogP contribution in [0.15, 0.2) is 24.3 Å². The summed E-state index contributed by atoms with van der Waals surface area (Å²) in [6.45, 7) is 2.71. The highest BCUT2D eigenvalue weighted by Gasteiger charge is 2.49. The molecule has 6 heteroatoms. The van der Waals surface area contributed by atoms with Crippen LogP contribution in [-0.2, 0) is 11.3 Å². The van der Waals surface area contributed by atoms with Crippen molar-refractivity contribution in [2.45, 2.75) is 44.7 Å². The Balaban J connectivity index is 1.40. The Morgan fingerprint density at radius 2 is 2.00 bits per heavy atom. The third kappa shape index (κ3) is 3.37. The lowest BCUT2D eigenvalue weighted by Crippen LogP contribution is -2.52. The number of ether oxygens (including phenoxy) is 1. The van der Waals surface area contributed by atoms with Gasteiger partial charge in [0.1, 0.15) is 5.75 Å². The molecule has 1 saturated carbocycles. The zero-order valence-electron chi connectivity index (χ0n) is 15.4. The van der Waals surface area contributed by atoms with Gasteiger partial charge in [-0.05, 0) is 49.8 Å². The summed E-state index contributed by atoms with van der Waals surface area (Å²) in [6.07, 6.45) is 4.80. The summed E-state index contributed by atoms with van der Waals surface area (Å²) < 4.78 is 5.19. The Morgan fingerprint density at radius 1 is 1.23 bits per heavy atom. The fourth-order valence-electron chi connectivity index (χ4n) is 4.17. The van der Waals surface area contributed by atoms with Crippen molar-refractivity contribution in [2.75, 3.05) is 26.7 Å². The second-order valence-electron chi connectivity index (χ2n) is 7.85. The summed E-state index contributed by atoms with van der Waals surface area (Å²) in [4.78, 5) is 29.4. The van der Waals surface area contributed by atoms with Gasteiger partial charge in [-0.1, -0.05) is 12.1 Å². The fourth-order valence-corrected chi connectivity index (χ4v) is 4.17. The zero-order chi connectivity index (χ0) is 18.1. The van der Waals surface area contributed by atoms with Crippen LogP contribution in [0, 0.1) is 5.41 Å². The van der Waals surface area contributed by atoms with Crippen LogP contribution in [-0.4, -0.2) is 54.5 Å². The van der Waals surface area contributed by atoms with Crippen molar-refractivity contribution in [2.24, 2.45) is 5.41 Å². The number of rotatable bonds is 4. The van der Waals surface area contributed by atoms with E-state index in [0.717, 1.165) is 56.5 Å². The van der Waals surface area contributed by atoms with Gasteiger partial charge in [0.25, 0.3) is 0 Å². The standard InChI is InChI=1S/C20H27N3O3/c1-26-17-7-3-15(4-8-17)13-22-12-10-20(18(22)24)9-2-11-23(14-20)19(25)21-16-5-6-16/h3-4,7-8,16H,2,5-6,9-14H2,1H3,(H,21,25)/t20-/m0/s1. The molecule has 26 heavy (non-hydrogen) atoms. The lowest BCUT2D eigenvalue weighted by atomic mass is 9.78. The molecule has 3 fully saturated rings. The van der Waals surface area contributed by atoms with Crippen LogP contribution >= 0.6 is 0 Å². The molecule has 0 aromatic heterocycles. The third-order valence-corrected chi connectivity index (χ3v) is 5.90. The van der Waals surface area contributed by atoms with E-state index in [-0.39, 0.29) is 17.4 Å².